The maximum Gasteiger partial charge on any atom is 0.240 e. The highest BCUT2D eigenvalue weighted by molar-refractivity contribution is 5.81. The molecule has 21 heavy (non-hydrogen) atoms. The van der Waals surface area contributed by atoms with Gasteiger partial charge in [-0.25, -0.2) is 4.98 Å². The van der Waals surface area contributed by atoms with Crippen LogP contribution in [0.2, 0.25) is 0 Å². The van der Waals surface area contributed by atoms with Crippen molar-refractivity contribution in [3.63, 3.8) is 0 Å². The van der Waals surface area contributed by atoms with Crippen molar-refractivity contribution < 1.29 is 9.90 Å². The molecule has 1 aliphatic rings. The Kier molecular flexibility index (Phi) is 3.90. The molecule has 2 atom stereocenters. The summed E-state index contributed by atoms with van der Waals surface area (Å²) in [4.78, 5) is 16.6. The van der Waals surface area contributed by atoms with E-state index in [4.69, 9.17) is 0 Å². The first-order valence-corrected chi connectivity index (χ1v) is 7.22. The number of fused-ring (bicyclic) bond motifs is 1. The van der Waals surface area contributed by atoms with Gasteiger partial charge in [-0.3, -0.25) is 4.79 Å². The molecule has 0 aliphatic carbocycles. The van der Waals surface area contributed by atoms with Gasteiger partial charge in [0, 0.05) is 25.6 Å². The Balaban J connectivity index is 1.65. The van der Waals surface area contributed by atoms with Gasteiger partial charge in [0.1, 0.15) is 12.4 Å². The predicted octanol–water partition coefficient (Wildman–Crippen LogP) is 0.0412. The summed E-state index contributed by atoms with van der Waals surface area (Å²) in [6.07, 6.45) is -0.374. The van der Waals surface area contributed by atoms with Gasteiger partial charge in [-0.1, -0.05) is 12.1 Å². The van der Waals surface area contributed by atoms with Crippen molar-refractivity contribution in [2.24, 2.45) is 5.92 Å². The number of carbonyl (C=O) groups excluding carboxylic acids is 1. The molecule has 0 bridgehead atoms. The van der Waals surface area contributed by atoms with E-state index in [9.17, 15) is 9.90 Å². The summed E-state index contributed by atoms with van der Waals surface area (Å²) in [6.45, 7) is 4.00. The van der Waals surface area contributed by atoms with Crippen LogP contribution in [-0.2, 0) is 11.3 Å². The Labute approximate surface area is 123 Å². The molecule has 2 aromatic rings. The van der Waals surface area contributed by atoms with Crippen LogP contribution in [0.5, 0.6) is 0 Å². The third-order valence-electron chi connectivity index (χ3n) is 4.01. The number of nitrogens with one attached hydrogen (secondary N) is 2. The summed E-state index contributed by atoms with van der Waals surface area (Å²) in [7, 11) is 0. The molecule has 3 rings (SSSR count). The van der Waals surface area contributed by atoms with E-state index in [0.29, 0.717) is 13.1 Å². The summed E-state index contributed by atoms with van der Waals surface area (Å²) >= 11 is 0. The summed E-state index contributed by atoms with van der Waals surface area (Å²) in [5.74, 6) is 0.865. The van der Waals surface area contributed by atoms with Gasteiger partial charge in [0.05, 0.1) is 17.1 Å². The first-order valence-electron chi connectivity index (χ1n) is 7.22. The molecule has 1 amide bonds. The maximum atomic E-state index is 12.1. The predicted molar refractivity (Wildman–Crippen MR) is 79.8 cm³/mol. The van der Waals surface area contributed by atoms with Crippen LogP contribution in [-0.4, -0.2) is 46.3 Å². The lowest BCUT2D eigenvalue weighted by molar-refractivity contribution is -0.121. The minimum absolute atomic E-state index is 0.0552. The van der Waals surface area contributed by atoms with Crippen LogP contribution in [0.15, 0.2) is 24.3 Å². The monoisotopic (exact) mass is 288 g/mol. The fraction of sp³-hybridized carbons (Fsp3) is 0.467. The van der Waals surface area contributed by atoms with Crippen molar-refractivity contribution in [3.05, 3.63) is 30.1 Å². The molecule has 6 heteroatoms. The second-order valence-corrected chi connectivity index (χ2v) is 5.52. The van der Waals surface area contributed by atoms with Gasteiger partial charge < -0.3 is 20.3 Å². The first kappa shape index (κ1) is 14.0. The number of amides is 1. The molecule has 1 saturated heterocycles. The number of aryl methyl sites for hydroxylation is 1. The van der Waals surface area contributed by atoms with Crippen molar-refractivity contribution in [1.29, 1.82) is 0 Å². The zero-order valence-corrected chi connectivity index (χ0v) is 12.0. The highest BCUT2D eigenvalue weighted by Crippen LogP contribution is 2.15. The van der Waals surface area contributed by atoms with Crippen LogP contribution in [0.25, 0.3) is 11.0 Å². The van der Waals surface area contributed by atoms with Crippen molar-refractivity contribution in [2.45, 2.75) is 19.6 Å². The molecule has 1 fully saturated rings. The Morgan fingerprint density at radius 1 is 1.48 bits per heavy atom. The number of β-amino-alcohol motifs (C(OH)–C–C–N with tert-alkyl or cyclic N) is 1. The number of rotatable bonds is 4. The third kappa shape index (κ3) is 2.91. The quantitative estimate of drug-likeness (QED) is 0.742. The van der Waals surface area contributed by atoms with Crippen LogP contribution in [0, 0.1) is 12.8 Å². The van der Waals surface area contributed by atoms with Crippen LogP contribution < -0.4 is 10.6 Å². The van der Waals surface area contributed by atoms with Gasteiger partial charge in [-0.05, 0) is 19.1 Å². The summed E-state index contributed by atoms with van der Waals surface area (Å²) < 4.78 is 1.91. The van der Waals surface area contributed by atoms with Crippen LogP contribution in [0.4, 0.5) is 0 Å². The molecule has 1 aromatic heterocycles. The maximum absolute atomic E-state index is 12.1. The van der Waals surface area contributed by atoms with Crippen molar-refractivity contribution in [1.82, 2.24) is 20.2 Å². The standard InChI is InChI=1S/C15H20N4O2/c1-10-18-12-4-2-3-5-13(12)19(10)9-15(21)17-7-11-6-16-8-14(11)20/h2-5,11,14,16,20H,6-9H2,1H3,(H,17,21). The van der Waals surface area contributed by atoms with Crippen LogP contribution in [0.1, 0.15) is 5.82 Å². The molecule has 0 spiro atoms. The van der Waals surface area contributed by atoms with E-state index in [0.717, 1.165) is 23.4 Å². The molecule has 1 aliphatic heterocycles. The Morgan fingerprint density at radius 2 is 2.29 bits per heavy atom. The van der Waals surface area contributed by atoms with E-state index >= 15 is 0 Å². The minimum Gasteiger partial charge on any atom is -0.391 e. The van der Waals surface area contributed by atoms with Crippen LogP contribution in [0.3, 0.4) is 0 Å². The zero-order valence-electron chi connectivity index (χ0n) is 12.0. The van der Waals surface area contributed by atoms with Crippen molar-refractivity contribution in [3.8, 4) is 0 Å². The second kappa shape index (κ2) is 5.83. The van der Waals surface area contributed by atoms with E-state index in [1.54, 1.807) is 0 Å². The number of imidazole rings is 1. The lowest BCUT2D eigenvalue weighted by Gasteiger charge is -2.14. The number of aromatic nitrogens is 2. The summed E-state index contributed by atoms with van der Waals surface area (Å²) in [6, 6.07) is 7.79. The molecule has 0 radical (unpaired) electrons. The lowest BCUT2D eigenvalue weighted by atomic mass is 10.1. The SMILES string of the molecule is Cc1nc2ccccc2n1CC(=O)NCC1CNCC1O. The van der Waals surface area contributed by atoms with Gasteiger partial charge in [0.25, 0.3) is 0 Å². The molecule has 2 unspecified atom stereocenters. The molecule has 2 heterocycles. The van der Waals surface area contributed by atoms with E-state index in [-0.39, 0.29) is 24.5 Å². The number of aliphatic hydroxyl groups excluding tert-OH is 1. The van der Waals surface area contributed by atoms with Gasteiger partial charge in [-0.2, -0.15) is 0 Å². The molecular formula is C15H20N4O2. The number of benzene rings is 1. The summed E-state index contributed by atoms with van der Waals surface area (Å²) in [5.41, 5.74) is 1.87. The largest absolute Gasteiger partial charge is 0.391 e. The molecular weight excluding hydrogens is 268 g/mol. The Hall–Kier alpha value is -1.92. The highest BCUT2D eigenvalue weighted by Gasteiger charge is 2.25. The third-order valence-corrected chi connectivity index (χ3v) is 4.01. The first-order chi connectivity index (χ1) is 10.1. The lowest BCUT2D eigenvalue weighted by Crippen LogP contribution is -2.36. The van der Waals surface area contributed by atoms with Crippen molar-refractivity contribution >= 4 is 16.9 Å². The molecule has 1 aromatic carbocycles. The number of carbonyl (C=O) groups is 1. The zero-order chi connectivity index (χ0) is 14.8. The van der Waals surface area contributed by atoms with Crippen LogP contribution >= 0.6 is 0 Å². The number of aliphatic hydroxyl groups is 1. The van der Waals surface area contributed by atoms with Crippen molar-refractivity contribution in [2.75, 3.05) is 19.6 Å². The topological polar surface area (TPSA) is 79.2 Å². The molecule has 0 saturated carbocycles. The summed E-state index contributed by atoms with van der Waals surface area (Å²) in [5, 5.41) is 15.7. The molecule has 3 N–H and O–H groups in total. The van der Waals surface area contributed by atoms with E-state index in [1.165, 1.54) is 0 Å². The smallest absolute Gasteiger partial charge is 0.240 e. The van der Waals surface area contributed by atoms with Gasteiger partial charge in [0.2, 0.25) is 5.91 Å². The van der Waals surface area contributed by atoms with Gasteiger partial charge in [-0.15, -0.1) is 0 Å². The molecule has 6 nitrogen and oxygen atoms in total. The molecule has 112 valence electrons. The van der Waals surface area contributed by atoms with Gasteiger partial charge in [0.15, 0.2) is 0 Å². The number of nitrogens with zero attached hydrogens (tertiary/aromatic N) is 2. The Morgan fingerprint density at radius 3 is 3.05 bits per heavy atom. The van der Waals surface area contributed by atoms with E-state index in [1.807, 2.05) is 35.8 Å². The van der Waals surface area contributed by atoms with E-state index < -0.39 is 0 Å². The van der Waals surface area contributed by atoms with E-state index in [2.05, 4.69) is 15.6 Å². The van der Waals surface area contributed by atoms with Gasteiger partial charge >= 0.3 is 0 Å². The fourth-order valence-corrected chi connectivity index (χ4v) is 2.77. The second-order valence-electron chi connectivity index (χ2n) is 5.52. The number of hydrogen-bond acceptors (Lipinski definition) is 4. The number of hydrogen-bond donors (Lipinski definition) is 3. The normalized spacial score (nSPS) is 21.8. The average Bonchev–Trinajstić information content (AvgIpc) is 3.01. The highest BCUT2D eigenvalue weighted by atomic mass is 16.3. The minimum atomic E-state index is -0.374. The number of para-hydroxylation sites is 2. The average molecular weight is 288 g/mol. The fourth-order valence-electron chi connectivity index (χ4n) is 2.77. The Bertz CT molecular complexity index is 652.